The van der Waals surface area contributed by atoms with Crippen LogP contribution in [0.15, 0.2) is 0 Å². The molecule has 2 rings (SSSR count). The highest BCUT2D eigenvalue weighted by molar-refractivity contribution is 5.44. The van der Waals surface area contributed by atoms with Crippen molar-refractivity contribution >= 4 is 17.8 Å². The normalized spacial score (nSPS) is 22.8. The van der Waals surface area contributed by atoms with Crippen molar-refractivity contribution in [3.63, 3.8) is 0 Å². The molecule has 1 aromatic rings. The third-order valence-electron chi connectivity index (χ3n) is 3.22. The largest absolute Gasteiger partial charge is 0.388 e. The Morgan fingerprint density at radius 3 is 2.26 bits per heavy atom. The Hall–Kier alpha value is -1.67. The van der Waals surface area contributed by atoms with Gasteiger partial charge in [-0.1, -0.05) is 0 Å². The molecule has 1 aliphatic rings. The molecule has 0 aliphatic carbocycles. The Labute approximate surface area is 111 Å². The van der Waals surface area contributed by atoms with Crippen LogP contribution >= 0.6 is 0 Å². The first kappa shape index (κ1) is 13.8. The van der Waals surface area contributed by atoms with Gasteiger partial charge in [0, 0.05) is 26.2 Å². The maximum atomic E-state index is 9.57. The number of hydrogen-bond donors (Lipinski definition) is 3. The Morgan fingerprint density at radius 1 is 1.16 bits per heavy atom. The number of nitrogen functional groups attached to an aromatic ring is 1. The second kappa shape index (κ2) is 5.54. The molecule has 1 fully saturated rings. The predicted molar refractivity (Wildman–Crippen MR) is 72.0 cm³/mol. The lowest BCUT2D eigenvalue weighted by atomic mass is 10.3. The van der Waals surface area contributed by atoms with Crippen LogP contribution < -0.4 is 15.5 Å². The number of hydrogen-bond acceptors (Lipinski definition) is 8. The van der Waals surface area contributed by atoms with Crippen molar-refractivity contribution in [2.24, 2.45) is 0 Å². The van der Waals surface area contributed by atoms with Gasteiger partial charge < -0.3 is 25.7 Å². The van der Waals surface area contributed by atoms with Crippen LogP contribution in [0.1, 0.15) is 13.8 Å². The molecule has 0 spiro atoms. The third kappa shape index (κ3) is 2.85. The fourth-order valence-electron chi connectivity index (χ4n) is 2.09. The molecule has 1 saturated heterocycles. The molecule has 2 atom stereocenters. The smallest absolute Gasteiger partial charge is 0.232 e. The van der Waals surface area contributed by atoms with Crippen LogP contribution in [0, 0.1) is 0 Å². The van der Waals surface area contributed by atoms with E-state index in [-0.39, 0.29) is 5.95 Å². The van der Waals surface area contributed by atoms with Crippen molar-refractivity contribution in [1.29, 1.82) is 0 Å². The van der Waals surface area contributed by atoms with Crippen molar-refractivity contribution in [3.8, 4) is 0 Å². The minimum atomic E-state index is -0.783. The number of β-amino-alcohol motifs (C(OH)–C–C–N with tert-alkyl or cyclic N) is 2. The molecule has 0 aromatic carbocycles. The van der Waals surface area contributed by atoms with E-state index in [0.717, 1.165) is 13.1 Å². The molecule has 0 saturated carbocycles. The molecule has 8 nitrogen and oxygen atoms in total. The number of aliphatic hydroxyl groups excluding tert-OH is 2. The van der Waals surface area contributed by atoms with Crippen molar-refractivity contribution in [1.82, 2.24) is 15.0 Å². The maximum absolute atomic E-state index is 9.57. The van der Waals surface area contributed by atoms with E-state index in [1.165, 1.54) is 0 Å². The van der Waals surface area contributed by atoms with E-state index >= 15 is 0 Å². The van der Waals surface area contributed by atoms with Crippen LogP contribution in [0.25, 0.3) is 0 Å². The molecule has 0 bridgehead atoms. The molecular formula is C11H20N6O2. The molecule has 106 valence electrons. The standard InChI is InChI=1S/C11H20N6O2/c1-3-16(4-2)10-13-9(12)14-11(15-10)17-5-7(18)8(19)6-17/h7-8,18-19H,3-6H2,1-2H3,(H2,12,13,14,15). The first-order chi connectivity index (χ1) is 9.05. The lowest BCUT2D eigenvalue weighted by Gasteiger charge is -2.21. The summed E-state index contributed by atoms with van der Waals surface area (Å²) in [6.45, 7) is 6.14. The van der Waals surface area contributed by atoms with E-state index in [1.807, 2.05) is 18.7 Å². The Bertz CT molecular complexity index is 429. The number of nitrogens with zero attached hydrogens (tertiary/aromatic N) is 5. The summed E-state index contributed by atoms with van der Waals surface area (Å²) < 4.78 is 0. The van der Waals surface area contributed by atoms with Gasteiger partial charge in [-0.2, -0.15) is 15.0 Å². The van der Waals surface area contributed by atoms with Gasteiger partial charge in [0.1, 0.15) is 0 Å². The summed E-state index contributed by atoms with van der Waals surface area (Å²) in [7, 11) is 0. The highest BCUT2D eigenvalue weighted by atomic mass is 16.3. The minimum Gasteiger partial charge on any atom is -0.388 e. The highest BCUT2D eigenvalue weighted by Gasteiger charge is 2.31. The third-order valence-corrected chi connectivity index (χ3v) is 3.22. The maximum Gasteiger partial charge on any atom is 0.232 e. The van der Waals surface area contributed by atoms with E-state index in [2.05, 4.69) is 15.0 Å². The summed E-state index contributed by atoms with van der Waals surface area (Å²) >= 11 is 0. The van der Waals surface area contributed by atoms with Crippen LogP contribution in [-0.2, 0) is 0 Å². The molecule has 0 radical (unpaired) electrons. The van der Waals surface area contributed by atoms with Crippen molar-refractivity contribution < 1.29 is 10.2 Å². The SMILES string of the molecule is CCN(CC)c1nc(N)nc(N2CC(O)C(O)C2)n1. The minimum absolute atomic E-state index is 0.141. The van der Waals surface area contributed by atoms with Crippen LogP contribution in [0.4, 0.5) is 17.8 Å². The second-order valence-corrected chi connectivity index (χ2v) is 4.51. The van der Waals surface area contributed by atoms with Gasteiger partial charge in [0.15, 0.2) is 0 Å². The topological polar surface area (TPSA) is 112 Å². The van der Waals surface area contributed by atoms with Gasteiger partial charge in [-0.15, -0.1) is 0 Å². The van der Waals surface area contributed by atoms with E-state index in [0.29, 0.717) is 25.0 Å². The zero-order valence-corrected chi connectivity index (χ0v) is 11.2. The zero-order chi connectivity index (χ0) is 14.0. The molecule has 19 heavy (non-hydrogen) atoms. The van der Waals surface area contributed by atoms with Gasteiger partial charge in [-0.05, 0) is 13.8 Å². The van der Waals surface area contributed by atoms with E-state index in [9.17, 15) is 10.2 Å². The zero-order valence-electron chi connectivity index (χ0n) is 11.2. The average Bonchev–Trinajstić information content (AvgIpc) is 2.71. The molecule has 1 aliphatic heterocycles. The average molecular weight is 268 g/mol. The van der Waals surface area contributed by atoms with E-state index in [1.54, 1.807) is 4.90 Å². The monoisotopic (exact) mass is 268 g/mol. The summed E-state index contributed by atoms with van der Waals surface area (Å²) in [4.78, 5) is 16.2. The second-order valence-electron chi connectivity index (χ2n) is 4.51. The molecule has 0 amide bonds. The summed E-state index contributed by atoms with van der Waals surface area (Å²) in [5, 5.41) is 19.1. The summed E-state index contributed by atoms with van der Waals surface area (Å²) in [6.07, 6.45) is -1.57. The molecule has 2 unspecified atom stereocenters. The van der Waals surface area contributed by atoms with Crippen LogP contribution in [-0.4, -0.2) is 63.6 Å². The van der Waals surface area contributed by atoms with E-state index < -0.39 is 12.2 Å². The van der Waals surface area contributed by atoms with Crippen molar-refractivity contribution in [2.75, 3.05) is 41.7 Å². The Kier molecular flexibility index (Phi) is 4.01. The van der Waals surface area contributed by atoms with Crippen molar-refractivity contribution in [3.05, 3.63) is 0 Å². The predicted octanol–water partition coefficient (Wildman–Crippen LogP) is -1.16. The Morgan fingerprint density at radius 2 is 1.74 bits per heavy atom. The fraction of sp³-hybridized carbons (Fsp3) is 0.727. The lowest BCUT2D eigenvalue weighted by Crippen LogP contribution is -2.28. The first-order valence-electron chi connectivity index (χ1n) is 6.42. The Balaban J connectivity index is 2.26. The summed E-state index contributed by atoms with van der Waals surface area (Å²) in [5.74, 6) is 1.05. The quantitative estimate of drug-likeness (QED) is 0.627. The summed E-state index contributed by atoms with van der Waals surface area (Å²) in [5.41, 5.74) is 5.70. The summed E-state index contributed by atoms with van der Waals surface area (Å²) in [6, 6.07) is 0. The number of anilines is 3. The van der Waals surface area contributed by atoms with Crippen LogP contribution in [0.2, 0.25) is 0 Å². The molecule has 8 heteroatoms. The molecule has 4 N–H and O–H groups in total. The van der Waals surface area contributed by atoms with Crippen LogP contribution in [0.3, 0.4) is 0 Å². The van der Waals surface area contributed by atoms with Gasteiger partial charge in [0.05, 0.1) is 12.2 Å². The van der Waals surface area contributed by atoms with E-state index in [4.69, 9.17) is 5.73 Å². The van der Waals surface area contributed by atoms with Gasteiger partial charge in [0.25, 0.3) is 0 Å². The number of rotatable bonds is 4. The van der Waals surface area contributed by atoms with Gasteiger partial charge in [-0.3, -0.25) is 0 Å². The van der Waals surface area contributed by atoms with Gasteiger partial charge in [0.2, 0.25) is 17.8 Å². The van der Waals surface area contributed by atoms with Gasteiger partial charge in [-0.25, -0.2) is 0 Å². The fourth-order valence-corrected chi connectivity index (χ4v) is 2.09. The van der Waals surface area contributed by atoms with Crippen molar-refractivity contribution in [2.45, 2.75) is 26.1 Å². The first-order valence-corrected chi connectivity index (χ1v) is 6.42. The number of aromatic nitrogens is 3. The molecule has 1 aromatic heterocycles. The van der Waals surface area contributed by atoms with Gasteiger partial charge >= 0.3 is 0 Å². The number of nitrogens with two attached hydrogens (primary N) is 1. The van der Waals surface area contributed by atoms with Crippen LogP contribution in [0.5, 0.6) is 0 Å². The highest BCUT2D eigenvalue weighted by Crippen LogP contribution is 2.19. The molecule has 2 heterocycles. The number of aliphatic hydroxyl groups is 2. The molecular weight excluding hydrogens is 248 g/mol. The lowest BCUT2D eigenvalue weighted by molar-refractivity contribution is 0.0572.